The number of rotatable bonds is 2. The summed E-state index contributed by atoms with van der Waals surface area (Å²) in [5.74, 6) is 0.194. The molecule has 11 heavy (non-hydrogen) atoms. The van der Waals surface area contributed by atoms with E-state index in [0.29, 0.717) is 12.4 Å². The molecule has 0 bridgehead atoms. The number of hydrogen-bond donors (Lipinski definition) is 1. The summed E-state index contributed by atoms with van der Waals surface area (Å²) in [6.07, 6.45) is 0. The number of benzene rings is 1. The van der Waals surface area contributed by atoms with Crippen molar-refractivity contribution < 1.29 is 9.13 Å². The number of nitrogens with two attached hydrogens (primary N) is 1. The van der Waals surface area contributed by atoms with Gasteiger partial charge in [-0.25, -0.2) is 4.39 Å². The third-order valence-corrected chi connectivity index (χ3v) is 1.28. The first-order valence-corrected chi connectivity index (χ1v) is 3.42. The van der Waals surface area contributed by atoms with Gasteiger partial charge in [0.05, 0.1) is 12.3 Å². The van der Waals surface area contributed by atoms with Gasteiger partial charge in [-0.2, -0.15) is 0 Å². The molecule has 0 radical (unpaired) electrons. The lowest BCUT2D eigenvalue weighted by molar-refractivity contribution is 0.340. The maximum Gasteiger partial charge on any atom is 0.146 e. The molecule has 2 N–H and O–H groups in total. The molecule has 0 aliphatic heterocycles. The fraction of sp³-hybridized carbons (Fsp3) is 0.250. The Morgan fingerprint density at radius 2 is 2.27 bits per heavy atom. The summed E-state index contributed by atoms with van der Waals surface area (Å²) in [6.45, 7) is 2.42. The maximum absolute atomic E-state index is 12.6. The highest BCUT2D eigenvalue weighted by molar-refractivity contribution is 5.45. The molecule has 0 saturated carbocycles. The van der Waals surface area contributed by atoms with Crippen molar-refractivity contribution in [2.75, 3.05) is 12.3 Å². The SMILES string of the molecule is CCOc1ccc(F)c(N)c1. The van der Waals surface area contributed by atoms with E-state index < -0.39 is 5.82 Å². The third kappa shape index (κ3) is 1.83. The van der Waals surface area contributed by atoms with Gasteiger partial charge in [0.2, 0.25) is 0 Å². The quantitative estimate of drug-likeness (QED) is 0.661. The van der Waals surface area contributed by atoms with E-state index in [2.05, 4.69) is 0 Å². The fourth-order valence-electron chi connectivity index (χ4n) is 0.778. The van der Waals surface area contributed by atoms with Gasteiger partial charge in [-0.05, 0) is 19.1 Å². The van der Waals surface area contributed by atoms with Gasteiger partial charge in [0, 0.05) is 6.07 Å². The minimum absolute atomic E-state index is 0.121. The summed E-state index contributed by atoms with van der Waals surface area (Å²) >= 11 is 0. The van der Waals surface area contributed by atoms with Crippen molar-refractivity contribution in [3.63, 3.8) is 0 Å². The molecule has 0 saturated heterocycles. The van der Waals surface area contributed by atoms with Crippen LogP contribution in [0, 0.1) is 5.82 Å². The number of halogens is 1. The molecule has 0 aromatic heterocycles. The van der Waals surface area contributed by atoms with Gasteiger partial charge in [0.15, 0.2) is 0 Å². The van der Waals surface area contributed by atoms with Crippen LogP contribution in [0.1, 0.15) is 6.92 Å². The summed E-state index contributed by atoms with van der Waals surface area (Å²) in [6, 6.07) is 4.31. The van der Waals surface area contributed by atoms with Crippen molar-refractivity contribution in [2.45, 2.75) is 6.92 Å². The lowest BCUT2D eigenvalue weighted by Gasteiger charge is -2.03. The molecule has 0 amide bonds. The molecule has 0 unspecified atom stereocenters. The zero-order valence-corrected chi connectivity index (χ0v) is 6.30. The van der Waals surface area contributed by atoms with Crippen LogP contribution < -0.4 is 10.5 Å². The van der Waals surface area contributed by atoms with Crippen LogP contribution in [-0.4, -0.2) is 6.61 Å². The molecule has 0 fully saturated rings. The molecule has 1 aromatic carbocycles. The molecule has 0 spiro atoms. The number of nitrogen functional groups attached to an aromatic ring is 1. The average molecular weight is 155 g/mol. The highest BCUT2D eigenvalue weighted by Crippen LogP contribution is 2.17. The van der Waals surface area contributed by atoms with Gasteiger partial charge in [-0.3, -0.25) is 0 Å². The van der Waals surface area contributed by atoms with E-state index in [1.54, 1.807) is 6.07 Å². The minimum Gasteiger partial charge on any atom is -0.494 e. The van der Waals surface area contributed by atoms with Gasteiger partial charge in [-0.1, -0.05) is 0 Å². The normalized spacial score (nSPS) is 9.64. The first-order chi connectivity index (χ1) is 5.24. The Bertz CT molecular complexity index is 250. The Hall–Kier alpha value is -1.25. The molecule has 0 aliphatic rings. The van der Waals surface area contributed by atoms with E-state index in [1.807, 2.05) is 6.92 Å². The Labute approximate surface area is 64.8 Å². The third-order valence-electron chi connectivity index (χ3n) is 1.28. The lowest BCUT2D eigenvalue weighted by Crippen LogP contribution is -1.94. The molecule has 0 heterocycles. The van der Waals surface area contributed by atoms with E-state index in [0.717, 1.165) is 0 Å². The van der Waals surface area contributed by atoms with E-state index in [-0.39, 0.29) is 5.69 Å². The Morgan fingerprint density at radius 1 is 1.55 bits per heavy atom. The van der Waals surface area contributed by atoms with Crippen molar-refractivity contribution in [1.82, 2.24) is 0 Å². The number of anilines is 1. The van der Waals surface area contributed by atoms with Crippen molar-refractivity contribution in [3.05, 3.63) is 24.0 Å². The minimum atomic E-state index is -0.409. The fourth-order valence-corrected chi connectivity index (χ4v) is 0.778. The monoisotopic (exact) mass is 155 g/mol. The maximum atomic E-state index is 12.6. The van der Waals surface area contributed by atoms with Crippen LogP contribution in [0.3, 0.4) is 0 Å². The van der Waals surface area contributed by atoms with E-state index >= 15 is 0 Å². The summed E-state index contributed by atoms with van der Waals surface area (Å²) < 4.78 is 17.7. The van der Waals surface area contributed by atoms with Crippen LogP contribution in [-0.2, 0) is 0 Å². The predicted octanol–water partition coefficient (Wildman–Crippen LogP) is 1.81. The Morgan fingerprint density at radius 3 is 2.82 bits per heavy atom. The molecule has 1 aromatic rings. The van der Waals surface area contributed by atoms with E-state index in [4.69, 9.17) is 10.5 Å². The van der Waals surface area contributed by atoms with Gasteiger partial charge in [-0.15, -0.1) is 0 Å². The largest absolute Gasteiger partial charge is 0.494 e. The molecular weight excluding hydrogens is 145 g/mol. The second-order valence-corrected chi connectivity index (χ2v) is 2.12. The Balaban J connectivity index is 2.86. The van der Waals surface area contributed by atoms with Crippen LogP contribution in [0.2, 0.25) is 0 Å². The number of hydrogen-bond acceptors (Lipinski definition) is 2. The predicted molar refractivity (Wildman–Crippen MR) is 42.0 cm³/mol. The molecule has 2 nitrogen and oxygen atoms in total. The topological polar surface area (TPSA) is 35.2 Å². The summed E-state index contributed by atoms with van der Waals surface area (Å²) in [5, 5.41) is 0. The van der Waals surface area contributed by atoms with Crippen molar-refractivity contribution in [2.24, 2.45) is 0 Å². The molecule has 3 heteroatoms. The highest BCUT2D eigenvalue weighted by atomic mass is 19.1. The van der Waals surface area contributed by atoms with Crippen LogP contribution >= 0.6 is 0 Å². The molecule has 0 atom stereocenters. The number of ether oxygens (including phenoxy) is 1. The van der Waals surface area contributed by atoms with E-state index in [9.17, 15) is 4.39 Å². The van der Waals surface area contributed by atoms with Gasteiger partial charge in [0.25, 0.3) is 0 Å². The Kier molecular flexibility index (Phi) is 2.31. The molecular formula is C8H10FNO. The van der Waals surface area contributed by atoms with Gasteiger partial charge in [0.1, 0.15) is 11.6 Å². The zero-order chi connectivity index (χ0) is 8.27. The van der Waals surface area contributed by atoms with Gasteiger partial charge >= 0.3 is 0 Å². The summed E-state index contributed by atoms with van der Waals surface area (Å²) in [5.41, 5.74) is 5.42. The van der Waals surface area contributed by atoms with Crippen molar-refractivity contribution in [3.8, 4) is 5.75 Å². The molecule has 60 valence electrons. The van der Waals surface area contributed by atoms with Gasteiger partial charge < -0.3 is 10.5 Å². The standard InChI is InChI=1S/C8H10FNO/c1-2-11-6-3-4-7(9)8(10)5-6/h3-5H,2,10H2,1H3. The second-order valence-electron chi connectivity index (χ2n) is 2.12. The zero-order valence-electron chi connectivity index (χ0n) is 6.30. The van der Waals surface area contributed by atoms with E-state index in [1.165, 1.54) is 12.1 Å². The van der Waals surface area contributed by atoms with Crippen LogP contribution in [0.4, 0.5) is 10.1 Å². The first-order valence-electron chi connectivity index (χ1n) is 3.42. The van der Waals surface area contributed by atoms with Crippen molar-refractivity contribution >= 4 is 5.69 Å². The lowest BCUT2D eigenvalue weighted by atomic mass is 10.3. The first kappa shape index (κ1) is 7.85. The van der Waals surface area contributed by atoms with Crippen LogP contribution in [0.5, 0.6) is 5.75 Å². The van der Waals surface area contributed by atoms with Crippen molar-refractivity contribution in [1.29, 1.82) is 0 Å². The highest BCUT2D eigenvalue weighted by Gasteiger charge is 1.98. The summed E-state index contributed by atoms with van der Waals surface area (Å²) in [7, 11) is 0. The molecule has 0 aliphatic carbocycles. The van der Waals surface area contributed by atoms with Crippen LogP contribution in [0.25, 0.3) is 0 Å². The average Bonchev–Trinajstić information content (AvgIpc) is 1.98. The smallest absolute Gasteiger partial charge is 0.146 e. The summed E-state index contributed by atoms with van der Waals surface area (Å²) in [4.78, 5) is 0. The molecule has 1 rings (SSSR count). The van der Waals surface area contributed by atoms with Crippen LogP contribution in [0.15, 0.2) is 18.2 Å². The second kappa shape index (κ2) is 3.23.